The molecular weight excluding hydrogens is 288 g/mol. The van der Waals surface area contributed by atoms with E-state index in [1.54, 1.807) is 17.2 Å². The molecule has 1 aromatic carbocycles. The van der Waals surface area contributed by atoms with Crippen LogP contribution in [0, 0.1) is 0 Å². The second kappa shape index (κ2) is 7.28. The van der Waals surface area contributed by atoms with Gasteiger partial charge in [-0.1, -0.05) is 41.5 Å². The van der Waals surface area contributed by atoms with Crippen LogP contribution in [-0.4, -0.2) is 38.7 Å². The first kappa shape index (κ1) is 15.6. The molecule has 0 saturated carbocycles. The molecule has 0 aliphatic rings. The molecule has 1 unspecified atom stereocenters. The summed E-state index contributed by atoms with van der Waals surface area (Å²) in [6.45, 7) is 2.14. The van der Waals surface area contributed by atoms with Gasteiger partial charge in [-0.3, -0.25) is 0 Å². The molecule has 6 heteroatoms. The van der Waals surface area contributed by atoms with Crippen molar-refractivity contribution in [1.82, 2.24) is 9.55 Å². The smallest absolute Gasteiger partial charge is 0.356 e. The molecule has 1 aromatic heterocycles. The van der Waals surface area contributed by atoms with Crippen molar-refractivity contribution >= 4 is 17.1 Å². The van der Waals surface area contributed by atoms with E-state index >= 15 is 0 Å². The van der Waals surface area contributed by atoms with Gasteiger partial charge >= 0.3 is 5.97 Å². The fourth-order valence-corrected chi connectivity index (χ4v) is 2.31. The molecule has 0 aliphatic heterocycles. The quantitative estimate of drug-likeness (QED) is 0.605. The summed E-state index contributed by atoms with van der Waals surface area (Å²) in [5.74, 6) is -0.102. The van der Waals surface area contributed by atoms with Gasteiger partial charge in [0.25, 0.3) is 0 Å². The third-order valence-electron chi connectivity index (χ3n) is 3.18. The molecule has 2 aromatic rings. The van der Waals surface area contributed by atoms with Crippen LogP contribution >= 0.6 is 0 Å². The van der Waals surface area contributed by atoms with Gasteiger partial charge in [-0.05, 0) is 12.5 Å². The first-order valence-corrected chi connectivity index (χ1v) is 8.36. The molecule has 0 spiro atoms. The van der Waals surface area contributed by atoms with Crippen molar-refractivity contribution in [2.24, 2.45) is 0 Å². The van der Waals surface area contributed by atoms with Gasteiger partial charge in [0.1, 0.15) is 18.1 Å². The molecule has 0 radical (unpaired) electrons. The Morgan fingerprint density at radius 2 is 2.14 bits per heavy atom. The third kappa shape index (κ3) is 4.09. The molecule has 0 saturated heterocycles. The van der Waals surface area contributed by atoms with Gasteiger partial charge in [0, 0.05) is 0 Å². The highest BCUT2D eigenvalue weighted by Gasteiger charge is 2.18. The van der Waals surface area contributed by atoms with Gasteiger partial charge in [0.15, 0.2) is 0 Å². The van der Waals surface area contributed by atoms with Crippen LogP contribution in [-0.2, 0) is 15.9 Å². The van der Waals surface area contributed by atoms with Gasteiger partial charge in [-0.25, -0.2) is 9.78 Å². The second-order valence-corrected chi connectivity index (χ2v) is 6.24. The van der Waals surface area contributed by atoms with Crippen LogP contribution in [0.3, 0.4) is 0 Å². The van der Waals surface area contributed by atoms with Crippen LogP contribution < -0.4 is 0 Å². The number of carbonyl (C=O) groups excluding carboxylic acids is 1. The van der Waals surface area contributed by atoms with Crippen LogP contribution in [0.15, 0.2) is 42.9 Å². The van der Waals surface area contributed by atoms with Crippen molar-refractivity contribution < 1.29 is 14.1 Å². The van der Waals surface area contributed by atoms with E-state index in [1.807, 2.05) is 37.3 Å². The van der Waals surface area contributed by atoms with E-state index in [2.05, 4.69) is 4.98 Å². The normalized spacial score (nSPS) is 13.7. The maximum atomic E-state index is 12.1. The van der Waals surface area contributed by atoms with E-state index in [0.717, 1.165) is 5.56 Å². The topological polar surface area (TPSA) is 67.2 Å². The summed E-state index contributed by atoms with van der Waals surface area (Å²) in [6.07, 6.45) is 4.69. The lowest BCUT2D eigenvalue weighted by Gasteiger charge is -2.16. The number of ether oxygens (including phenoxy) is 1. The summed E-state index contributed by atoms with van der Waals surface area (Å²) in [6, 6.07) is 9.84. The molecule has 2 atom stereocenters. The maximum Gasteiger partial charge on any atom is 0.356 e. The van der Waals surface area contributed by atoms with E-state index in [0.29, 0.717) is 11.4 Å². The molecule has 0 amide bonds. The van der Waals surface area contributed by atoms with E-state index < -0.39 is 17.1 Å². The first-order valence-electron chi connectivity index (χ1n) is 6.63. The second-order valence-electron chi connectivity index (χ2n) is 4.69. The number of hydrogen-bond donors (Lipinski definition) is 0. The lowest BCUT2D eigenvalue weighted by atomic mass is 10.1. The number of hydrogen-bond acceptors (Lipinski definition) is 4. The summed E-state index contributed by atoms with van der Waals surface area (Å²) in [5, 5.41) is 0. The molecule has 5 nitrogen and oxygen atoms in total. The standard InChI is InChI=1S/C15H18N2O3S/c1-12(13-6-4-3-5-7-13)17-11-16-10-14(17)15(18)20-8-9-21(2)19/h3-7,10-12H,8-9H2,1-2H3/t12-,21?/m1/s1. The summed E-state index contributed by atoms with van der Waals surface area (Å²) in [5.41, 5.74) is 1.48. The number of imidazole rings is 1. The highest BCUT2D eigenvalue weighted by atomic mass is 32.2. The summed E-state index contributed by atoms with van der Waals surface area (Å²) in [4.78, 5) is 16.1. The maximum absolute atomic E-state index is 12.1. The lowest BCUT2D eigenvalue weighted by Crippen LogP contribution is -2.18. The van der Waals surface area contributed by atoms with Crippen molar-refractivity contribution in [3.8, 4) is 0 Å². The molecule has 2 rings (SSSR count). The molecule has 0 bridgehead atoms. The van der Waals surface area contributed by atoms with E-state index in [-0.39, 0.29) is 12.6 Å². The Labute approximate surface area is 127 Å². The Bertz CT molecular complexity index is 584. The molecule has 21 heavy (non-hydrogen) atoms. The SMILES string of the molecule is C[C@H](c1ccccc1)n1cncc1C(=O)OCC[S+](C)[O-]. The fraction of sp³-hybridized carbons (Fsp3) is 0.333. The van der Waals surface area contributed by atoms with E-state index in [9.17, 15) is 9.35 Å². The largest absolute Gasteiger partial charge is 0.616 e. The zero-order valence-corrected chi connectivity index (χ0v) is 12.9. The molecular formula is C15H18N2O3S. The predicted molar refractivity (Wildman–Crippen MR) is 81.7 cm³/mol. The highest BCUT2D eigenvalue weighted by Crippen LogP contribution is 2.19. The van der Waals surface area contributed by atoms with Gasteiger partial charge in [-0.15, -0.1) is 0 Å². The Hall–Kier alpha value is -1.79. The average Bonchev–Trinajstić information content (AvgIpc) is 2.96. The number of benzene rings is 1. The third-order valence-corrected chi connectivity index (χ3v) is 3.92. The molecule has 1 heterocycles. The number of carbonyl (C=O) groups is 1. The van der Waals surface area contributed by atoms with Gasteiger partial charge in [0.2, 0.25) is 0 Å². The van der Waals surface area contributed by atoms with Gasteiger partial charge < -0.3 is 13.9 Å². The first-order chi connectivity index (χ1) is 10.1. The molecule has 112 valence electrons. The van der Waals surface area contributed by atoms with Crippen molar-refractivity contribution in [2.45, 2.75) is 13.0 Å². The Morgan fingerprint density at radius 3 is 2.81 bits per heavy atom. The minimum Gasteiger partial charge on any atom is -0.616 e. The van der Waals surface area contributed by atoms with Gasteiger partial charge in [-0.2, -0.15) is 0 Å². The molecule has 0 N–H and O–H groups in total. The zero-order chi connectivity index (χ0) is 15.2. The highest BCUT2D eigenvalue weighted by molar-refractivity contribution is 7.90. The van der Waals surface area contributed by atoms with Crippen molar-refractivity contribution in [3.63, 3.8) is 0 Å². The molecule has 0 fully saturated rings. The average molecular weight is 306 g/mol. The molecule has 0 aliphatic carbocycles. The summed E-state index contributed by atoms with van der Waals surface area (Å²) < 4.78 is 17.9. The van der Waals surface area contributed by atoms with Crippen LogP contribution in [0.25, 0.3) is 0 Å². The van der Waals surface area contributed by atoms with Crippen LogP contribution in [0.2, 0.25) is 0 Å². The fourth-order valence-electron chi connectivity index (χ4n) is 1.99. The number of esters is 1. The van der Waals surface area contributed by atoms with Crippen LogP contribution in [0.1, 0.15) is 29.0 Å². The number of aromatic nitrogens is 2. The number of rotatable bonds is 6. The van der Waals surface area contributed by atoms with E-state index in [1.165, 1.54) is 6.20 Å². The lowest BCUT2D eigenvalue weighted by molar-refractivity contribution is 0.0515. The van der Waals surface area contributed by atoms with E-state index in [4.69, 9.17) is 4.74 Å². The summed E-state index contributed by atoms with van der Waals surface area (Å²) in [7, 11) is 0. The van der Waals surface area contributed by atoms with Crippen molar-refractivity contribution in [3.05, 3.63) is 54.1 Å². The monoisotopic (exact) mass is 306 g/mol. The Morgan fingerprint density at radius 1 is 1.43 bits per heavy atom. The van der Waals surface area contributed by atoms with Crippen molar-refractivity contribution in [1.29, 1.82) is 0 Å². The Balaban J connectivity index is 2.09. The minimum atomic E-state index is -0.972. The summed E-state index contributed by atoms with van der Waals surface area (Å²) >= 11 is -0.972. The minimum absolute atomic E-state index is 0.0171. The van der Waals surface area contributed by atoms with Crippen LogP contribution in [0.5, 0.6) is 0 Å². The van der Waals surface area contributed by atoms with Crippen LogP contribution in [0.4, 0.5) is 0 Å². The Kier molecular flexibility index (Phi) is 5.41. The van der Waals surface area contributed by atoms with Crippen molar-refractivity contribution in [2.75, 3.05) is 18.6 Å². The predicted octanol–water partition coefficient (Wildman–Crippen LogP) is 2.03. The number of nitrogens with zero attached hydrogens (tertiary/aromatic N) is 2. The zero-order valence-electron chi connectivity index (χ0n) is 12.1. The van der Waals surface area contributed by atoms with Gasteiger partial charge in [0.05, 0.1) is 24.8 Å².